The normalized spacial score (nSPS) is 22.2. The van der Waals surface area contributed by atoms with Crippen LogP contribution in [0.15, 0.2) is 28.7 Å². The Kier molecular flexibility index (Phi) is 5.17. The Morgan fingerprint density at radius 3 is 2.50 bits per heavy atom. The average molecular weight is 340 g/mol. The molecule has 4 nitrogen and oxygen atoms in total. The zero-order chi connectivity index (χ0) is 14.5. The molecular formula is C15H18BrNO3. The van der Waals surface area contributed by atoms with Gasteiger partial charge in [-0.3, -0.25) is 9.59 Å². The van der Waals surface area contributed by atoms with Gasteiger partial charge in [-0.1, -0.05) is 34.5 Å². The molecule has 1 aliphatic carbocycles. The van der Waals surface area contributed by atoms with Gasteiger partial charge in [0.05, 0.1) is 5.92 Å². The monoisotopic (exact) mass is 339 g/mol. The van der Waals surface area contributed by atoms with E-state index in [1.807, 2.05) is 24.3 Å². The van der Waals surface area contributed by atoms with Crippen LogP contribution in [0.4, 0.5) is 0 Å². The van der Waals surface area contributed by atoms with Gasteiger partial charge in [0.25, 0.3) is 0 Å². The SMILES string of the molecule is O=C(O)C1CCCC(C(=O)NCc2ccc(Br)cc2)C1. The number of carbonyl (C=O) groups excluding carboxylic acids is 1. The first-order chi connectivity index (χ1) is 9.56. The molecule has 1 amide bonds. The van der Waals surface area contributed by atoms with E-state index in [0.717, 1.165) is 22.9 Å². The number of carbonyl (C=O) groups is 2. The van der Waals surface area contributed by atoms with Gasteiger partial charge in [0.15, 0.2) is 0 Å². The van der Waals surface area contributed by atoms with E-state index < -0.39 is 5.97 Å². The van der Waals surface area contributed by atoms with Crippen molar-refractivity contribution >= 4 is 27.8 Å². The van der Waals surface area contributed by atoms with Crippen molar-refractivity contribution in [3.05, 3.63) is 34.3 Å². The van der Waals surface area contributed by atoms with Crippen LogP contribution in [-0.2, 0) is 16.1 Å². The fraction of sp³-hybridized carbons (Fsp3) is 0.467. The summed E-state index contributed by atoms with van der Waals surface area (Å²) in [6.45, 7) is 0.486. The second kappa shape index (κ2) is 6.88. The predicted molar refractivity (Wildman–Crippen MR) is 79.1 cm³/mol. The van der Waals surface area contributed by atoms with Gasteiger partial charge in [-0.25, -0.2) is 0 Å². The lowest BCUT2D eigenvalue weighted by Gasteiger charge is -2.25. The van der Waals surface area contributed by atoms with E-state index in [-0.39, 0.29) is 17.7 Å². The number of aliphatic carboxylic acids is 1. The summed E-state index contributed by atoms with van der Waals surface area (Å²) in [5, 5.41) is 11.9. The molecule has 2 rings (SSSR count). The Labute approximate surface area is 126 Å². The number of nitrogens with one attached hydrogen (secondary N) is 1. The van der Waals surface area contributed by atoms with E-state index in [9.17, 15) is 9.59 Å². The van der Waals surface area contributed by atoms with Gasteiger partial charge >= 0.3 is 5.97 Å². The molecule has 20 heavy (non-hydrogen) atoms. The van der Waals surface area contributed by atoms with Crippen molar-refractivity contribution in [2.75, 3.05) is 0 Å². The number of benzene rings is 1. The molecule has 0 aromatic heterocycles. The molecule has 1 aromatic carbocycles. The molecular weight excluding hydrogens is 322 g/mol. The summed E-state index contributed by atoms with van der Waals surface area (Å²) < 4.78 is 1.00. The minimum absolute atomic E-state index is 0.0288. The summed E-state index contributed by atoms with van der Waals surface area (Å²) in [5.74, 6) is -1.35. The first kappa shape index (κ1) is 15.0. The van der Waals surface area contributed by atoms with Crippen LogP contribution in [-0.4, -0.2) is 17.0 Å². The Hall–Kier alpha value is -1.36. The summed E-state index contributed by atoms with van der Waals surface area (Å²) in [6, 6.07) is 7.77. The molecule has 0 bridgehead atoms. The summed E-state index contributed by atoms with van der Waals surface area (Å²) in [7, 11) is 0. The number of halogens is 1. The molecule has 1 aliphatic rings. The van der Waals surface area contributed by atoms with Gasteiger partial charge in [0.1, 0.15) is 0 Å². The second-order valence-electron chi connectivity index (χ2n) is 5.24. The van der Waals surface area contributed by atoms with Gasteiger partial charge in [-0.05, 0) is 37.0 Å². The topological polar surface area (TPSA) is 66.4 Å². The van der Waals surface area contributed by atoms with Crippen LogP contribution in [0, 0.1) is 11.8 Å². The van der Waals surface area contributed by atoms with Crippen molar-refractivity contribution in [2.24, 2.45) is 11.8 Å². The molecule has 0 saturated heterocycles. The van der Waals surface area contributed by atoms with Crippen LogP contribution < -0.4 is 5.32 Å². The molecule has 1 fully saturated rings. The fourth-order valence-electron chi connectivity index (χ4n) is 2.59. The largest absolute Gasteiger partial charge is 0.481 e. The van der Waals surface area contributed by atoms with Crippen molar-refractivity contribution < 1.29 is 14.7 Å². The van der Waals surface area contributed by atoms with Crippen molar-refractivity contribution in [3.8, 4) is 0 Å². The molecule has 108 valence electrons. The van der Waals surface area contributed by atoms with Crippen molar-refractivity contribution in [1.29, 1.82) is 0 Å². The van der Waals surface area contributed by atoms with Crippen LogP contribution in [0.25, 0.3) is 0 Å². The van der Waals surface area contributed by atoms with Crippen molar-refractivity contribution in [2.45, 2.75) is 32.2 Å². The van der Waals surface area contributed by atoms with E-state index >= 15 is 0 Å². The van der Waals surface area contributed by atoms with E-state index in [0.29, 0.717) is 19.4 Å². The average Bonchev–Trinajstić information content (AvgIpc) is 2.46. The van der Waals surface area contributed by atoms with Crippen molar-refractivity contribution in [1.82, 2.24) is 5.32 Å². The zero-order valence-electron chi connectivity index (χ0n) is 11.1. The number of amides is 1. The van der Waals surface area contributed by atoms with Crippen LogP contribution >= 0.6 is 15.9 Å². The van der Waals surface area contributed by atoms with E-state index in [1.54, 1.807) is 0 Å². The van der Waals surface area contributed by atoms with E-state index in [1.165, 1.54) is 0 Å². The van der Waals surface area contributed by atoms with E-state index in [2.05, 4.69) is 21.2 Å². The molecule has 1 aromatic rings. The molecule has 2 atom stereocenters. The number of rotatable bonds is 4. The lowest BCUT2D eigenvalue weighted by molar-refractivity contribution is -0.144. The molecule has 0 aliphatic heterocycles. The summed E-state index contributed by atoms with van der Waals surface area (Å²) >= 11 is 3.37. The lowest BCUT2D eigenvalue weighted by Crippen LogP contribution is -2.35. The molecule has 5 heteroatoms. The molecule has 1 saturated carbocycles. The number of carboxylic acid groups (broad SMARTS) is 1. The Morgan fingerprint density at radius 1 is 1.20 bits per heavy atom. The minimum Gasteiger partial charge on any atom is -0.481 e. The summed E-state index contributed by atoms with van der Waals surface area (Å²) in [4.78, 5) is 23.1. The molecule has 2 N–H and O–H groups in total. The fourth-order valence-corrected chi connectivity index (χ4v) is 2.85. The predicted octanol–water partition coefficient (Wildman–Crippen LogP) is 2.96. The van der Waals surface area contributed by atoms with Crippen molar-refractivity contribution in [3.63, 3.8) is 0 Å². The highest BCUT2D eigenvalue weighted by Crippen LogP contribution is 2.29. The third-order valence-corrected chi connectivity index (χ3v) is 4.30. The van der Waals surface area contributed by atoms with Gasteiger partial charge in [0, 0.05) is 16.9 Å². The maximum absolute atomic E-state index is 12.1. The highest BCUT2D eigenvalue weighted by Gasteiger charge is 2.30. The van der Waals surface area contributed by atoms with Gasteiger partial charge in [0.2, 0.25) is 5.91 Å². The molecule has 0 radical (unpaired) electrons. The first-order valence-electron chi connectivity index (χ1n) is 6.81. The second-order valence-corrected chi connectivity index (χ2v) is 6.16. The van der Waals surface area contributed by atoms with Gasteiger partial charge in [-0.15, -0.1) is 0 Å². The Bertz CT molecular complexity index is 486. The first-order valence-corrected chi connectivity index (χ1v) is 7.60. The minimum atomic E-state index is -0.782. The Balaban J connectivity index is 1.85. The quantitative estimate of drug-likeness (QED) is 0.886. The van der Waals surface area contributed by atoms with E-state index in [4.69, 9.17) is 5.11 Å². The van der Waals surface area contributed by atoms with Gasteiger partial charge < -0.3 is 10.4 Å². The standard InChI is InChI=1S/C15H18BrNO3/c16-13-6-4-10(5-7-13)9-17-14(18)11-2-1-3-12(8-11)15(19)20/h4-7,11-12H,1-3,8-9H2,(H,17,18)(H,19,20). The summed E-state index contributed by atoms with van der Waals surface area (Å²) in [6.07, 6.45) is 2.75. The molecule has 0 spiro atoms. The van der Waals surface area contributed by atoms with Crippen LogP contribution in [0.2, 0.25) is 0 Å². The maximum atomic E-state index is 12.1. The number of hydrogen-bond acceptors (Lipinski definition) is 2. The number of hydrogen-bond donors (Lipinski definition) is 2. The van der Waals surface area contributed by atoms with Gasteiger partial charge in [-0.2, -0.15) is 0 Å². The van der Waals surface area contributed by atoms with Crippen LogP contribution in [0.5, 0.6) is 0 Å². The molecule has 0 heterocycles. The smallest absolute Gasteiger partial charge is 0.306 e. The molecule has 2 unspecified atom stereocenters. The van der Waals surface area contributed by atoms with Crippen LogP contribution in [0.1, 0.15) is 31.2 Å². The highest BCUT2D eigenvalue weighted by molar-refractivity contribution is 9.10. The van der Waals surface area contributed by atoms with Crippen LogP contribution in [0.3, 0.4) is 0 Å². The maximum Gasteiger partial charge on any atom is 0.306 e. The third-order valence-electron chi connectivity index (χ3n) is 3.77. The lowest BCUT2D eigenvalue weighted by atomic mass is 9.81. The highest BCUT2D eigenvalue weighted by atomic mass is 79.9. The Morgan fingerprint density at radius 2 is 1.85 bits per heavy atom. The number of carboxylic acids is 1. The summed E-state index contributed by atoms with van der Waals surface area (Å²) in [5.41, 5.74) is 1.03. The third kappa shape index (κ3) is 4.07. The zero-order valence-corrected chi connectivity index (χ0v) is 12.7.